The third-order valence-corrected chi connectivity index (χ3v) is 0.865. The van der Waals surface area contributed by atoms with E-state index in [1.807, 2.05) is 6.92 Å². The minimum atomic E-state index is 0.895. The first-order chi connectivity index (χ1) is 3.93. The highest BCUT2D eigenvalue weighted by Gasteiger charge is 1.84. The van der Waals surface area contributed by atoms with E-state index in [1.54, 1.807) is 6.20 Å². The van der Waals surface area contributed by atoms with Crippen molar-refractivity contribution in [1.82, 2.24) is 15.2 Å². The van der Waals surface area contributed by atoms with E-state index in [0.717, 1.165) is 12.1 Å². The van der Waals surface area contributed by atoms with Gasteiger partial charge in [0.25, 0.3) is 0 Å². The quantitative estimate of drug-likeness (QED) is 0.517. The average Bonchev–Trinajstić information content (AvgIpc) is 1.90. The molecule has 0 aliphatic carbocycles. The third-order valence-electron chi connectivity index (χ3n) is 0.865. The zero-order valence-electron chi connectivity index (χ0n) is 4.63. The Hall–Kier alpha value is -0.990. The van der Waals surface area contributed by atoms with Crippen molar-refractivity contribution in [2.24, 2.45) is 0 Å². The first kappa shape index (κ1) is 5.15. The Labute approximate surface area is 47.8 Å². The van der Waals surface area contributed by atoms with Crippen molar-refractivity contribution in [3.8, 4) is 0 Å². The Bertz CT molecular complexity index is 149. The Kier molecular flexibility index (Phi) is 1.51. The summed E-state index contributed by atoms with van der Waals surface area (Å²) in [7, 11) is 0. The van der Waals surface area contributed by atoms with Gasteiger partial charge in [0.15, 0.2) is 0 Å². The average molecular weight is 108 g/mol. The standard InChI is InChI=1S/C5H6N3/c1-2-5-3-7-8-4-6-5/h3H,2H2,1H3. The highest BCUT2D eigenvalue weighted by Crippen LogP contribution is 1.85. The van der Waals surface area contributed by atoms with E-state index in [4.69, 9.17) is 0 Å². The normalized spacial score (nSPS) is 9.12. The van der Waals surface area contributed by atoms with Crippen molar-refractivity contribution in [2.45, 2.75) is 13.3 Å². The molecular formula is C5H6N3. The van der Waals surface area contributed by atoms with Gasteiger partial charge in [-0.15, -0.1) is 5.10 Å². The van der Waals surface area contributed by atoms with Crippen LogP contribution >= 0.6 is 0 Å². The summed E-state index contributed by atoms with van der Waals surface area (Å²) >= 11 is 0. The van der Waals surface area contributed by atoms with Crippen molar-refractivity contribution < 1.29 is 0 Å². The lowest BCUT2D eigenvalue weighted by Gasteiger charge is -1.86. The van der Waals surface area contributed by atoms with E-state index >= 15 is 0 Å². The molecular weight excluding hydrogens is 102 g/mol. The summed E-state index contributed by atoms with van der Waals surface area (Å²) in [5, 5.41) is 6.99. The van der Waals surface area contributed by atoms with Crippen molar-refractivity contribution in [3.05, 3.63) is 18.2 Å². The Morgan fingerprint density at radius 2 is 2.62 bits per heavy atom. The Balaban J connectivity index is 2.83. The smallest absolute Gasteiger partial charge is 0.221 e. The number of hydrogen-bond donors (Lipinski definition) is 0. The maximum Gasteiger partial charge on any atom is 0.221 e. The van der Waals surface area contributed by atoms with Gasteiger partial charge in [0.2, 0.25) is 6.33 Å². The van der Waals surface area contributed by atoms with Crippen LogP contribution in [0.1, 0.15) is 12.6 Å². The topological polar surface area (TPSA) is 38.7 Å². The molecule has 41 valence electrons. The van der Waals surface area contributed by atoms with E-state index in [2.05, 4.69) is 21.5 Å². The molecule has 0 fully saturated rings. The summed E-state index contributed by atoms with van der Waals surface area (Å²) in [5.74, 6) is 0. The molecule has 1 aromatic rings. The first-order valence-corrected chi connectivity index (χ1v) is 2.48. The van der Waals surface area contributed by atoms with Crippen LogP contribution in [-0.2, 0) is 6.42 Å². The molecule has 8 heavy (non-hydrogen) atoms. The predicted molar refractivity (Wildman–Crippen MR) is 28.0 cm³/mol. The Morgan fingerprint density at radius 1 is 1.75 bits per heavy atom. The molecule has 0 saturated heterocycles. The van der Waals surface area contributed by atoms with Gasteiger partial charge in [0, 0.05) is 0 Å². The van der Waals surface area contributed by atoms with Crippen molar-refractivity contribution >= 4 is 0 Å². The van der Waals surface area contributed by atoms with E-state index in [0.29, 0.717) is 0 Å². The van der Waals surface area contributed by atoms with Crippen molar-refractivity contribution in [2.75, 3.05) is 0 Å². The van der Waals surface area contributed by atoms with Gasteiger partial charge in [-0.05, 0) is 6.42 Å². The molecule has 0 amide bonds. The van der Waals surface area contributed by atoms with Crippen LogP contribution in [0.2, 0.25) is 0 Å². The highest BCUT2D eigenvalue weighted by molar-refractivity contribution is 4.88. The molecule has 0 aromatic carbocycles. The lowest BCUT2D eigenvalue weighted by Crippen LogP contribution is -1.89. The zero-order valence-corrected chi connectivity index (χ0v) is 4.63. The fourth-order valence-electron chi connectivity index (χ4n) is 0.407. The molecule has 1 rings (SSSR count). The van der Waals surface area contributed by atoms with E-state index in [-0.39, 0.29) is 0 Å². The van der Waals surface area contributed by atoms with Crippen molar-refractivity contribution in [1.29, 1.82) is 0 Å². The number of hydrogen-bond acceptors (Lipinski definition) is 3. The number of rotatable bonds is 1. The Morgan fingerprint density at radius 3 is 3.00 bits per heavy atom. The number of aromatic nitrogens is 3. The van der Waals surface area contributed by atoms with Gasteiger partial charge >= 0.3 is 0 Å². The van der Waals surface area contributed by atoms with Gasteiger partial charge in [-0.1, -0.05) is 6.92 Å². The largest absolute Gasteiger partial charge is 0.227 e. The van der Waals surface area contributed by atoms with Gasteiger partial charge in [-0.25, -0.2) is 4.98 Å². The van der Waals surface area contributed by atoms with Crippen LogP contribution in [0.15, 0.2) is 6.20 Å². The predicted octanol–water partition coefficient (Wildman–Crippen LogP) is 0.234. The van der Waals surface area contributed by atoms with Crippen LogP contribution < -0.4 is 0 Å². The van der Waals surface area contributed by atoms with Crippen LogP contribution in [-0.4, -0.2) is 15.2 Å². The van der Waals surface area contributed by atoms with Gasteiger partial charge < -0.3 is 0 Å². The van der Waals surface area contributed by atoms with Gasteiger partial charge in [0.1, 0.15) is 0 Å². The summed E-state index contributed by atoms with van der Waals surface area (Å²) in [6.07, 6.45) is 4.93. The molecule has 0 aliphatic heterocycles. The number of nitrogens with zero attached hydrogens (tertiary/aromatic N) is 3. The van der Waals surface area contributed by atoms with Crippen LogP contribution in [0.25, 0.3) is 0 Å². The third kappa shape index (κ3) is 0.992. The molecule has 1 aromatic heterocycles. The van der Waals surface area contributed by atoms with Crippen molar-refractivity contribution in [3.63, 3.8) is 0 Å². The monoisotopic (exact) mass is 108 g/mol. The van der Waals surface area contributed by atoms with Gasteiger partial charge in [-0.2, -0.15) is 5.10 Å². The van der Waals surface area contributed by atoms with Gasteiger partial charge in [0.05, 0.1) is 11.9 Å². The number of aryl methyl sites for hydroxylation is 1. The fraction of sp³-hybridized carbons (Fsp3) is 0.400. The second-order valence-electron chi connectivity index (χ2n) is 1.40. The highest BCUT2D eigenvalue weighted by atomic mass is 15.1. The summed E-state index contributed by atoms with van der Waals surface area (Å²) in [6, 6.07) is 0. The van der Waals surface area contributed by atoms with Crippen LogP contribution in [0.3, 0.4) is 0 Å². The molecule has 1 radical (unpaired) electrons. The van der Waals surface area contributed by atoms with E-state index in [9.17, 15) is 0 Å². The minimum Gasteiger partial charge on any atom is -0.227 e. The lowest BCUT2D eigenvalue weighted by atomic mass is 10.4. The second kappa shape index (κ2) is 2.35. The molecule has 1 heterocycles. The SMILES string of the molecule is CCc1cnn[c]n1. The summed E-state index contributed by atoms with van der Waals surface area (Å²) in [4.78, 5) is 3.80. The summed E-state index contributed by atoms with van der Waals surface area (Å²) in [5.41, 5.74) is 0.931. The summed E-state index contributed by atoms with van der Waals surface area (Å²) in [6.45, 7) is 2.01. The molecule has 0 spiro atoms. The van der Waals surface area contributed by atoms with Gasteiger partial charge in [-0.3, -0.25) is 0 Å². The van der Waals surface area contributed by atoms with Crippen LogP contribution in [0, 0.1) is 6.33 Å². The molecule has 3 heteroatoms. The van der Waals surface area contributed by atoms with Crippen LogP contribution in [0.4, 0.5) is 0 Å². The lowest BCUT2D eigenvalue weighted by molar-refractivity contribution is 0.890. The molecule has 0 saturated carbocycles. The minimum absolute atomic E-state index is 0.895. The first-order valence-electron chi connectivity index (χ1n) is 2.48. The molecule has 0 unspecified atom stereocenters. The molecule has 0 N–H and O–H groups in total. The fourth-order valence-corrected chi connectivity index (χ4v) is 0.407. The summed E-state index contributed by atoms with van der Waals surface area (Å²) < 4.78 is 0. The van der Waals surface area contributed by atoms with E-state index in [1.165, 1.54) is 0 Å². The van der Waals surface area contributed by atoms with E-state index < -0.39 is 0 Å². The second-order valence-corrected chi connectivity index (χ2v) is 1.40. The molecule has 0 bridgehead atoms. The maximum absolute atomic E-state index is 3.80. The maximum atomic E-state index is 3.80. The molecule has 0 aliphatic rings. The zero-order chi connectivity index (χ0) is 5.82. The molecule has 0 atom stereocenters. The molecule has 3 nitrogen and oxygen atoms in total. The van der Waals surface area contributed by atoms with Crippen LogP contribution in [0.5, 0.6) is 0 Å².